The number of carbonyl (C=O) groups is 1. The van der Waals surface area contributed by atoms with E-state index in [0.717, 1.165) is 23.2 Å². The highest BCUT2D eigenvalue weighted by Gasteiger charge is 2.16. The van der Waals surface area contributed by atoms with E-state index in [4.69, 9.17) is 0 Å². The first kappa shape index (κ1) is 19.3. The topological polar surface area (TPSA) is 96.5 Å². The lowest BCUT2D eigenvalue weighted by atomic mass is 10.1. The molecule has 0 saturated heterocycles. The summed E-state index contributed by atoms with van der Waals surface area (Å²) < 4.78 is 1.86. The van der Waals surface area contributed by atoms with Crippen molar-refractivity contribution in [2.24, 2.45) is 0 Å². The van der Waals surface area contributed by atoms with Crippen molar-refractivity contribution in [3.8, 4) is 23.0 Å². The van der Waals surface area contributed by atoms with Crippen LogP contribution in [-0.4, -0.2) is 32.0 Å². The molecule has 1 amide bonds. The van der Waals surface area contributed by atoms with Gasteiger partial charge in [-0.05, 0) is 43.2 Å². The van der Waals surface area contributed by atoms with E-state index in [0.29, 0.717) is 34.5 Å². The van der Waals surface area contributed by atoms with Crippen LogP contribution < -0.4 is 5.32 Å². The highest BCUT2D eigenvalue weighted by Crippen LogP contribution is 2.27. The highest BCUT2D eigenvalue weighted by atomic mass is 16.1. The lowest BCUT2D eigenvalue weighted by molar-refractivity contribution is 0.0953. The maximum absolute atomic E-state index is 12.4. The minimum Gasteiger partial charge on any atom is -0.352 e. The molecule has 7 nitrogen and oxygen atoms in total. The van der Waals surface area contributed by atoms with Crippen molar-refractivity contribution in [2.75, 3.05) is 6.54 Å². The first-order valence-electron chi connectivity index (χ1n) is 9.70. The maximum atomic E-state index is 12.4. The maximum Gasteiger partial charge on any atom is 0.251 e. The molecule has 2 aromatic heterocycles. The fourth-order valence-electron chi connectivity index (χ4n) is 3.31. The predicted octanol–water partition coefficient (Wildman–Crippen LogP) is 3.80. The Labute approximate surface area is 174 Å². The van der Waals surface area contributed by atoms with Gasteiger partial charge in [-0.2, -0.15) is 5.26 Å². The molecular formula is C23H20N6O. The van der Waals surface area contributed by atoms with E-state index in [2.05, 4.69) is 26.3 Å². The Balaban J connectivity index is 1.82. The van der Waals surface area contributed by atoms with E-state index in [9.17, 15) is 10.1 Å². The van der Waals surface area contributed by atoms with E-state index < -0.39 is 0 Å². The van der Waals surface area contributed by atoms with Crippen molar-refractivity contribution in [2.45, 2.75) is 20.3 Å². The first-order chi connectivity index (χ1) is 14.6. The second-order valence-corrected chi connectivity index (χ2v) is 6.96. The molecule has 4 aromatic rings. The molecule has 0 aliphatic rings. The van der Waals surface area contributed by atoms with Gasteiger partial charge in [-0.15, -0.1) is 0 Å². The molecule has 0 aliphatic heterocycles. The van der Waals surface area contributed by atoms with Crippen molar-refractivity contribution < 1.29 is 4.79 Å². The normalized spacial score (nSPS) is 10.7. The number of hydrogen-bond acceptors (Lipinski definition) is 5. The zero-order valence-electron chi connectivity index (χ0n) is 16.8. The Morgan fingerprint density at radius 3 is 2.83 bits per heavy atom. The average molecular weight is 396 g/mol. The van der Waals surface area contributed by atoms with E-state index in [1.165, 1.54) is 6.33 Å². The number of aromatic nitrogens is 4. The summed E-state index contributed by atoms with van der Waals surface area (Å²) in [4.78, 5) is 25.8. The molecule has 0 saturated carbocycles. The number of aryl methyl sites for hydroxylation is 1. The molecule has 0 spiro atoms. The number of imidazole rings is 1. The molecule has 148 valence electrons. The second kappa shape index (κ2) is 8.13. The van der Waals surface area contributed by atoms with Gasteiger partial charge in [-0.1, -0.05) is 25.1 Å². The summed E-state index contributed by atoms with van der Waals surface area (Å²) in [6, 6.07) is 15.0. The minimum absolute atomic E-state index is 0.105. The fraction of sp³-hybridized carbons (Fsp3) is 0.174. The third kappa shape index (κ3) is 3.51. The highest BCUT2D eigenvalue weighted by molar-refractivity contribution is 5.95. The number of benzene rings is 2. The molecule has 0 unspecified atom stereocenters. The van der Waals surface area contributed by atoms with Crippen molar-refractivity contribution in [1.29, 1.82) is 5.26 Å². The average Bonchev–Trinajstić information content (AvgIpc) is 3.22. The zero-order chi connectivity index (χ0) is 21.1. The van der Waals surface area contributed by atoms with Gasteiger partial charge in [0.05, 0.1) is 17.3 Å². The van der Waals surface area contributed by atoms with Crippen molar-refractivity contribution in [1.82, 2.24) is 24.8 Å². The van der Waals surface area contributed by atoms with Crippen LogP contribution in [0, 0.1) is 18.3 Å². The molecule has 0 atom stereocenters. The van der Waals surface area contributed by atoms with Gasteiger partial charge in [0, 0.05) is 17.7 Å². The van der Waals surface area contributed by atoms with Crippen LogP contribution in [0.1, 0.15) is 34.8 Å². The first-order valence-corrected chi connectivity index (χ1v) is 9.70. The SMILES string of the molecule is CCCNC(=O)c1ccc(C)c(-n2cnc3c(-c4cccc(C#N)c4)ncnc32)c1. The molecule has 0 fully saturated rings. The fourth-order valence-corrected chi connectivity index (χ4v) is 3.31. The molecule has 0 aliphatic carbocycles. The molecule has 0 bridgehead atoms. The molecule has 30 heavy (non-hydrogen) atoms. The number of hydrogen-bond donors (Lipinski definition) is 1. The number of nitriles is 1. The minimum atomic E-state index is -0.105. The summed E-state index contributed by atoms with van der Waals surface area (Å²) in [5, 5.41) is 12.1. The summed E-state index contributed by atoms with van der Waals surface area (Å²) >= 11 is 0. The van der Waals surface area contributed by atoms with Gasteiger partial charge < -0.3 is 5.32 Å². The van der Waals surface area contributed by atoms with Crippen LogP contribution in [-0.2, 0) is 0 Å². The summed E-state index contributed by atoms with van der Waals surface area (Å²) in [6.45, 7) is 4.63. The van der Waals surface area contributed by atoms with Crippen LogP contribution in [0.2, 0.25) is 0 Å². The number of fused-ring (bicyclic) bond motifs is 1. The third-order valence-electron chi connectivity index (χ3n) is 4.86. The van der Waals surface area contributed by atoms with Crippen LogP contribution in [0.25, 0.3) is 28.1 Å². The Hall–Kier alpha value is -4.05. The van der Waals surface area contributed by atoms with Crippen molar-refractivity contribution in [3.63, 3.8) is 0 Å². The van der Waals surface area contributed by atoms with Crippen molar-refractivity contribution >= 4 is 17.1 Å². The largest absolute Gasteiger partial charge is 0.352 e. The lowest BCUT2D eigenvalue weighted by Crippen LogP contribution is -2.24. The van der Waals surface area contributed by atoms with Gasteiger partial charge in [-0.25, -0.2) is 15.0 Å². The smallest absolute Gasteiger partial charge is 0.251 e. The molecule has 7 heteroatoms. The van der Waals surface area contributed by atoms with Gasteiger partial charge in [0.1, 0.15) is 23.9 Å². The number of nitrogens with one attached hydrogen (secondary N) is 1. The third-order valence-corrected chi connectivity index (χ3v) is 4.86. The monoisotopic (exact) mass is 396 g/mol. The quantitative estimate of drug-likeness (QED) is 0.553. The lowest BCUT2D eigenvalue weighted by Gasteiger charge is -2.11. The van der Waals surface area contributed by atoms with Crippen LogP contribution in [0.4, 0.5) is 0 Å². The van der Waals surface area contributed by atoms with E-state index in [1.807, 2.05) is 48.7 Å². The Kier molecular flexibility index (Phi) is 5.22. The molecule has 2 heterocycles. The van der Waals surface area contributed by atoms with Gasteiger partial charge in [0.25, 0.3) is 5.91 Å². The van der Waals surface area contributed by atoms with E-state index in [-0.39, 0.29) is 5.91 Å². The van der Waals surface area contributed by atoms with Gasteiger partial charge in [-0.3, -0.25) is 9.36 Å². The molecule has 4 rings (SSSR count). The van der Waals surface area contributed by atoms with Crippen molar-refractivity contribution in [3.05, 3.63) is 71.8 Å². The number of nitrogens with zero attached hydrogens (tertiary/aromatic N) is 5. The number of rotatable bonds is 5. The Morgan fingerprint density at radius 2 is 2.03 bits per heavy atom. The summed E-state index contributed by atoms with van der Waals surface area (Å²) in [5.41, 5.74) is 5.69. The van der Waals surface area contributed by atoms with Crippen LogP contribution in [0.5, 0.6) is 0 Å². The molecule has 2 aromatic carbocycles. The van der Waals surface area contributed by atoms with Crippen LogP contribution in [0.3, 0.4) is 0 Å². The predicted molar refractivity (Wildman–Crippen MR) is 114 cm³/mol. The second-order valence-electron chi connectivity index (χ2n) is 6.96. The zero-order valence-corrected chi connectivity index (χ0v) is 16.8. The van der Waals surface area contributed by atoms with Crippen LogP contribution >= 0.6 is 0 Å². The summed E-state index contributed by atoms with van der Waals surface area (Å²) in [5.74, 6) is -0.105. The van der Waals surface area contributed by atoms with Gasteiger partial charge >= 0.3 is 0 Å². The summed E-state index contributed by atoms with van der Waals surface area (Å²) in [6.07, 6.45) is 4.05. The molecular weight excluding hydrogens is 376 g/mol. The van der Waals surface area contributed by atoms with Gasteiger partial charge in [0.2, 0.25) is 0 Å². The van der Waals surface area contributed by atoms with Gasteiger partial charge in [0.15, 0.2) is 5.65 Å². The molecule has 0 radical (unpaired) electrons. The number of amides is 1. The number of carbonyl (C=O) groups excluding carboxylic acids is 1. The Bertz CT molecular complexity index is 1280. The standard InChI is InChI=1S/C23H20N6O/c1-3-9-25-23(30)18-8-7-15(2)19(11-18)29-14-28-21-20(26-13-27-22(21)29)17-6-4-5-16(10-17)12-24/h4-8,10-11,13-14H,3,9H2,1-2H3,(H,25,30). The molecule has 1 N–H and O–H groups in total. The van der Waals surface area contributed by atoms with Crippen LogP contribution in [0.15, 0.2) is 55.1 Å². The van der Waals surface area contributed by atoms with E-state index >= 15 is 0 Å². The Morgan fingerprint density at radius 1 is 1.17 bits per heavy atom. The van der Waals surface area contributed by atoms with E-state index in [1.54, 1.807) is 18.5 Å². The summed E-state index contributed by atoms with van der Waals surface area (Å²) in [7, 11) is 0.